The number of aromatic nitrogens is 2. The summed E-state index contributed by atoms with van der Waals surface area (Å²) in [6, 6.07) is 0.0271. The summed E-state index contributed by atoms with van der Waals surface area (Å²) in [4.78, 5) is 6.44. The number of hydrogen-bond donors (Lipinski definition) is 1. The van der Waals surface area contributed by atoms with Crippen molar-refractivity contribution < 1.29 is 9.63 Å². The minimum absolute atomic E-state index is 0.0271. The van der Waals surface area contributed by atoms with Crippen molar-refractivity contribution in [1.29, 1.82) is 0 Å². The monoisotopic (exact) mass is 241 g/mol. The van der Waals surface area contributed by atoms with E-state index in [9.17, 15) is 5.11 Å². The Hall–Kier alpha value is -0.940. The molecule has 0 saturated heterocycles. The molecule has 0 radical (unpaired) electrons. The highest BCUT2D eigenvalue weighted by Gasteiger charge is 2.25. The summed E-state index contributed by atoms with van der Waals surface area (Å²) >= 11 is 0. The van der Waals surface area contributed by atoms with Crippen LogP contribution in [-0.2, 0) is 6.42 Å². The van der Waals surface area contributed by atoms with E-state index in [1.54, 1.807) is 13.8 Å². The van der Waals surface area contributed by atoms with Gasteiger partial charge in [0.2, 0.25) is 5.89 Å². The number of nitrogens with zero attached hydrogens (tertiary/aromatic N) is 3. The molecule has 0 saturated carbocycles. The molecule has 0 aromatic carbocycles. The highest BCUT2D eigenvalue weighted by atomic mass is 16.5. The second-order valence-corrected chi connectivity index (χ2v) is 4.95. The summed E-state index contributed by atoms with van der Waals surface area (Å²) in [6.45, 7) is 11.1. The van der Waals surface area contributed by atoms with Crippen LogP contribution in [0.25, 0.3) is 0 Å². The first-order valence-electron chi connectivity index (χ1n) is 6.16. The highest BCUT2D eigenvalue weighted by Crippen LogP contribution is 2.20. The predicted octanol–water partition coefficient (Wildman–Crippen LogP) is 1.79. The lowest BCUT2D eigenvalue weighted by molar-refractivity contribution is 0.0200. The maximum atomic E-state index is 9.86. The van der Waals surface area contributed by atoms with Crippen LogP contribution in [-0.4, -0.2) is 38.8 Å². The molecule has 0 spiro atoms. The van der Waals surface area contributed by atoms with Crippen molar-refractivity contribution in [3.63, 3.8) is 0 Å². The van der Waals surface area contributed by atoms with Crippen LogP contribution in [0, 0.1) is 0 Å². The van der Waals surface area contributed by atoms with Gasteiger partial charge in [0, 0.05) is 13.0 Å². The summed E-state index contributed by atoms with van der Waals surface area (Å²) in [7, 11) is 0. The van der Waals surface area contributed by atoms with Gasteiger partial charge in [-0.05, 0) is 27.3 Å². The third kappa shape index (κ3) is 4.09. The standard InChI is InChI=1S/C12H23N3O2/c1-6-10-13-11(17-14-10)9(3)15(7-2)8-12(4,5)16/h9,16H,6-8H2,1-5H3. The van der Waals surface area contributed by atoms with Crippen LogP contribution in [0.2, 0.25) is 0 Å². The maximum Gasteiger partial charge on any atom is 0.243 e. The molecule has 1 aromatic rings. The first-order chi connectivity index (χ1) is 7.87. The Bertz CT molecular complexity index is 344. The fourth-order valence-electron chi connectivity index (χ4n) is 1.76. The number of likely N-dealkylation sites (N-methyl/N-ethyl adjacent to an activating group) is 1. The Kier molecular flexibility index (Phi) is 4.65. The van der Waals surface area contributed by atoms with Crippen LogP contribution in [0.3, 0.4) is 0 Å². The lowest BCUT2D eigenvalue weighted by Gasteiger charge is -2.30. The first kappa shape index (κ1) is 14.1. The summed E-state index contributed by atoms with van der Waals surface area (Å²) < 4.78 is 5.23. The molecular formula is C12H23N3O2. The van der Waals surface area contributed by atoms with E-state index in [0.717, 1.165) is 18.8 Å². The molecule has 1 aromatic heterocycles. The van der Waals surface area contributed by atoms with E-state index >= 15 is 0 Å². The van der Waals surface area contributed by atoms with Gasteiger partial charge >= 0.3 is 0 Å². The molecule has 98 valence electrons. The van der Waals surface area contributed by atoms with Crippen molar-refractivity contribution in [3.05, 3.63) is 11.7 Å². The Balaban J connectivity index is 2.75. The molecule has 1 heterocycles. The smallest absolute Gasteiger partial charge is 0.243 e. The SMILES string of the molecule is CCc1noc(C(C)N(CC)CC(C)(C)O)n1. The number of hydrogen-bond acceptors (Lipinski definition) is 5. The average molecular weight is 241 g/mol. The lowest BCUT2D eigenvalue weighted by atomic mass is 10.1. The van der Waals surface area contributed by atoms with Crippen LogP contribution in [0.4, 0.5) is 0 Å². The number of aryl methyl sites for hydroxylation is 1. The van der Waals surface area contributed by atoms with Crippen LogP contribution in [0.5, 0.6) is 0 Å². The van der Waals surface area contributed by atoms with Gasteiger partial charge in [-0.15, -0.1) is 0 Å². The highest BCUT2D eigenvalue weighted by molar-refractivity contribution is 4.92. The molecule has 5 nitrogen and oxygen atoms in total. The normalized spacial score (nSPS) is 14.3. The van der Waals surface area contributed by atoms with E-state index in [1.807, 2.05) is 13.8 Å². The van der Waals surface area contributed by atoms with Crippen LogP contribution >= 0.6 is 0 Å². The van der Waals surface area contributed by atoms with E-state index < -0.39 is 5.60 Å². The molecule has 0 aliphatic carbocycles. The third-order valence-corrected chi connectivity index (χ3v) is 2.70. The van der Waals surface area contributed by atoms with E-state index in [4.69, 9.17) is 4.52 Å². The van der Waals surface area contributed by atoms with Gasteiger partial charge in [-0.2, -0.15) is 4.98 Å². The van der Waals surface area contributed by atoms with Crippen LogP contribution < -0.4 is 0 Å². The Labute approximate surface area is 103 Å². The molecule has 17 heavy (non-hydrogen) atoms. The molecular weight excluding hydrogens is 218 g/mol. The second kappa shape index (κ2) is 5.60. The Morgan fingerprint density at radius 1 is 1.41 bits per heavy atom. The van der Waals surface area contributed by atoms with Gasteiger partial charge in [-0.25, -0.2) is 0 Å². The van der Waals surface area contributed by atoms with Gasteiger partial charge < -0.3 is 9.63 Å². The fraction of sp³-hybridized carbons (Fsp3) is 0.833. The van der Waals surface area contributed by atoms with Gasteiger partial charge in [-0.1, -0.05) is 19.0 Å². The maximum absolute atomic E-state index is 9.86. The van der Waals surface area contributed by atoms with E-state index in [-0.39, 0.29) is 6.04 Å². The zero-order valence-corrected chi connectivity index (χ0v) is 11.4. The summed E-state index contributed by atoms with van der Waals surface area (Å²) in [5.74, 6) is 1.35. The molecule has 0 bridgehead atoms. The molecule has 0 aliphatic heterocycles. The molecule has 1 rings (SSSR count). The molecule has 0 aliphatic rings. The Morgan fingerprint density at radius 3 is 2.47 bits per heavy atom. The molecule has 1 unspecified atom stereocenters. The Morgan fingerprint density at radius 2 is 2.06 bits per heavy atom. The number of rotatable bonds is 6. The predicted molar refractivity (Wildman–Crippen MR) is 65.6 cm³/mol. The van der Waals surface area contributed by atoms with Crippen molar-refractivity contribution in [3.8, 4) is 0 Å². The van der Waals surface area contributed by atoms with Crippen LogP contribution in [0.15, 0.2) is 4.52 Å². The molecule has 5 heteroatoms. The van der Waals surface area contributed by atoms with Crippen molar-refractivity contribution in [2.24, 2.45) is 0 Å². The van der Waals surface area contributed by atoms with Gasteiger partial charge in [0.25, 0.3) is 0 Å². The van der Waals surface area contributed by atoms with Gasteiger partial charge in [0.1, 0.15) is 0 Å². The summed E-state index contributed by atoms with van der Waals surface area (Å²) in [6.07, 6.45) is 0.772. The van der Waals surface area contributed by atoms with Crippen LogP contribution in [0.1, 0.15) is 52.4 Å². The minimum Gasteiger partial charge on any atom is -0.389 e. The average Bonchev–Trinajstić information content (AvgIpc) is 2.72. The van der Waals surface area contributed by atoms with Crippen molar-refractivity contribution in [1.82, 2.24) is 15.0 Å². The third-order valence-electron chi connectivity index (χ3n) is 2.70. The van der Waals surface area contributed by atoms with E-state index in [0.29, 0.717) is 12.4 Å². The fourth-order valence-corrected chi connectivity index (χ4v) is 1.76. The topological polar surface area (TPSA) is 62.4 Å². The molecule has 1 N–H and O–H groups in total. The molecule has 0 amide bonds. The largest absolute Gasteiger partial charge is 0.389 e. The summed E-state index contributed by atoms with van der Waals surface area (Å²) in [5, 5.41) is 13.8. The number of aliphatic hydroxyl groups is 1. The minimum atomic E-state index is -0.724. The molecule has 0 fully saturated rings. The van der Waals surface area contributed by atoms with E-state index in [1.165, 1.54) is 0 Å². The molecule has 1 atom stereocenters. The zero-order chi connectivity index (χ0) is 13.1. The first-order valence-corrected chi connectivity index (χ1v) is 6.16. The summed E-state index contributed by atoms with van der Waals surface area (Å²) in [5.41, 5.74) is -0.724. The van der Waals surface area contributed by atoms with E-state index in [2.05, 4.69) is 22.0 Å². The quantitative estimate of drug-likeness (QED) is 0.822. The van der Waals surface area contributed by atoms with Crippen molar-refractivity contribution in [2.45, 2.75) is 52.7 Å². The van der Waals surface area contributed by atoms with Gasteiger partial charge in [-0.3, -0.25) is 4.90 Å². The van der Waals surface area contributed by atoms with Gasteiger partial charge in [0.15, 0.2) is 5.82 Å². The van der Waals surface area contributed by atoms with Crippen molar-refractivity contribution >= 4 is 0 Å². The zero-order valence-electron chi connectivity index (χ0n) is 11.4. The second-order valence-electron chi connectivity index (χ2n) is 4.95. The lowest BCUT2D eigenvalue weighted by Crippen LogP contribution is -2.40. The van der Waals surface area contributed by atoms with Crippen molar-refractivity contribution in [2.75, 3.05) is 13.1 Å². The van der Waals surface area contributed by atoms with Gasteiger partial charge in [0.05, 0.1) is 11.6 Å².